The van der Waals surface area contributed by atoms with Crippen LogP contribution in [0.5, 0.6) is 28.7 Å². The van der Waals surface area contributed by atoms with E-state index in [9.17, 15) is 40.2 Å². The predicted octanol–water partition coefficient (Wildman–Crippen LogP) is 1.04. The first-order valence-electron chi connectivity index (χ1n) is 11.7. The molecule has 6 atom stereocenters. The number of hydrogen-bond donors (Lipinski definition) is 6. The molecule has 0 aliphatic carbocycles. The van der Waals surface area contributed by atoms with Crippen molar-refractivity contribution in [1.82, 2.24) is 0 Å². The summed E-state index contributed by atoms with van der Waals surface area (Å²) >= 11 is 0. The van der Waals surface area contributed by atoms with Crippen molar-refractivity contribution in [3.8, 4) is 28.7 Å². The van der Waals surface area contributed by atoms with Gasteiger partial charge in [0, 0.05) is 23.8 Å². The largest absolute Gasteiger partial charge is 0.508 e. The average molecular weight is 520 g/mol. The maximum absolute atomic E-state index is 12.7. The number of phenolic OH excluding ortho intramolecular Hbond substituents is 3. The molecule has 0 spiro atoms. The third kappa shape index (κ3) is 5.57. The van der Waals surface area contributed by atoms with Crippen molar-refractivity contribution < 1.29 is 59.2 Å². The molecule has 0 unspecified atom stereocenters. The van der Waals surface area contributed by atoms with Gasteiger partial charge in [-0.3, -0.25) is 4.79 Å². The molecule has 37 heavy (non-hydrogen) atoms. The molecule has 0 radical (unpaired) electrons. The monoisotopic (exact) mass is 520 g/mol. The lowest BCUT2D eigenvalue weighted by molar-refractivity contribution is -0.272. The van der Waals surface area contributed by atoms with Gasteiger partial charge in [0.15, 0.2) is 11.9 Å². The quantitative estimate of drug-likeness (QED) is 0.225. The number of unbranched alkanes of at least 4 members (excludes halogenated alkanes) is 1. The summed E-state index contributed by atoms with van der Waals surface area (Å²) in [6.07, 6.45) is -8.41. The van der Waals surface area contributed by atoms with Gasteiger partial charge in [0.1, 0.15) is 58.7 Å². The Kier molecular flexibility index (Phi) is 7.73. The Balaban J connectivity index is 1.56. The normalized spacial score (nSPS) is 27.2. The zero-order valence-electron chi connectivity index (χ0n) is 19.8. The standard InChI is InChI=1S/C25H28O12/c1-2-3-4-34-24(33)23-21(31)20(30)22(32)25(37-23)35-14-8-15(28)19-16(29)10-17(36-18(19)9-14)11-5-12(26)7-13(27)6-11/h5-9,17,20-23,25-28,30-32H,2-4,10H2,1H3/t17-,20-,21-,22+,23-,25+/m0/s1. The predicted molar refractivity (Wildman–Crippen MR) is 123 cm³/mol. The van der Waals surface area contributed by atoms with Crippen LogP contribution < -0.4 is 9.47 Å². The SMILES string of the molecule is CCCCOC(=O)[C@H]1O[C@@H](Oc2cc(O)c3c(c2)O[C@H](c2cc(O)cc(O)c2)CC3=O)[C@H](O)[C@@H](O)[C@@H]1O. The molecule has 2 aromatic rings. The molecule has 2 aliphatic rings. The second-order valence-corrected chi connectivity index (χ2v) is 8.87. The lowest BCUT2D eigenvalue weighted by Gasteiger charge is -2.39. The van der Waals surface area contributed by atoms with E-state index in [1.807, 2.05) is 6.92 Å². The fraction of sp³-hybridized carbons (Fsp3) is 0.440. The van der Waals surface area contributed by atoms with Gasteiger partial charge < -0.3 is 49.6 Å². The molecule has 1 fully saturated rings. The number of aromatic hydroxyl groups is 3. The van der Waals surface area contributed by atoms with Crippen molar-refractivity contribution in [3.63, 3.8) is 0 Å². The van der Waals surface area contributed by atoms with Crippen LogP contribution in [0.3, 0.4) is 0 Å². The molecule has 0 saturated carbocycles. The van der Waals surface area contributed by atoms with Crippen molar-refractivity contribution >= 4 is 11.8 Å². The zero-order chi connectivity index (χ0) is 26.9. The molecule has 1 saturated heterocycles. The fourth-order valence-electron chi connectivity index (χ4n) is 4.15. The Morgan fingerprint density at radius 2 is 1.70 bits per heavy atom. The van der Waals surface area contributed by atoms with Crippen molar-refractivity contribution in [1.29, 1.82) is 0 Å². The molecular weight excluding hydrogens is 492 g/mol. The average Bonchev–Trinajstić information content (AvgIpc) is 2.83. The number of phenols is 3. The molecule has 2 aliphatic heterocycles. The number of benzene rings is 2. The Morgan fingerprint density at radius 1 is 1.00 bits per heavy atom. The van der Waals surface area contributed by atoms with Gasteiger partial charge in [0.25, 0.3) is 0 Å². The lowest BCUT2D eigenvalue weighted by atomic mass is 9.95. The summed E-state index contributed by atoms with van der Waals surface area (Å²) in [5, 5.41) is 60.8. The first-order chi connectivity index (χ1) is 17.6. The highest BCUT2D eigenvalue weighted by molar-refractivity contribution is 6.02. The zero-order valence-corrected chi connectivity index (χ0v) is 19.8. The minimum atomic E-state index is -1.81. The summed E-state index contributed by atoms with van der Waals surface area (Å²) in [5.74, 6) is -2.60. The van der Waals surface area contributed by atoms with E-state index in [0.29, 0.717) is 12.0 Å². The number of carbonyl (C=O) groups is 2. The van der Waals surface area contributed by atoms with Crippen LogP contribution in [-0.2, 0) is 14.3 Å². The van der Waals surface area contributed by atoms with E-state index >= 15 is 0 Å². The number of Topliss-reactive ketones (excluding diaryl/α,β-unsaturated/α-hetero) is 1. The van der Waals surface area contributed by atoms with Gasteiger partial charge in [0.2, 0.25) is 6.29 Å². The van der Waals surface area contributed by atoms with Crippen LogP contribution in [-0.4, -0.2) is 79.7 Å². The first kappa shape index (κ1) is 26.5. The van der Waals surface area contributed by atoms with Crippen molar-refractivity contribution in [2.45, 2.75) is 63.0 Å². The smallest absolute Gasteiger partial charge is 0.338 e. The van der Waals surface area contributed by atoms with E-state index in [-0.39, 0.29) is 41.6 Å². The Labute approximate surface area is 211 Å². The number of ether oxygens (including phenoxy) is 4. The fourth-order valence-corrected chi connectivity index (χ4v) is 4.15. The van der Waals surface area contributed by atoms with Crippen LogP contribution in [0.15, 0.2) is 30.3 Å². The number of ketones is 1. The van der Waals surface area contributed by atoms with Gasteiger partial charge >= 0.3 is 5.97 Å². The van der Waals surface area contributed by atoms with E-state index in [1.54, 1.807) is 0 Å². The van der Waals surface area contributed by atoms with Crippen molar-refractivity contribution in [2.24, 2.45) is 0 Å². The van der Waals surface area contributed by atoms with Crippen LogP contribution in [0.2, 0.25) is 0 Å². The molecule has 0 bridgehead atoms. The molecule has 12 heteroatoms. The van der Waals surface area contributed by atoms with E-state index in [1.165, 1.54) is 18.2 Å². The number of carbonyl (C=O) groups excluding carboxylic acids is 2. The minimum Gasteiger partial charge on any atom is -0.508 e. The maximum Gasteiger partial charge on any atom is 0.338 e. The van der Waals surface area contributed by atoms with Crippen molar-refractivity contribution in [2.75, 3.05) is 6.61 Å². The van der Waals surface area contributed by atoms with Crippen LogP contribution >= 0.6 is 0 Å². The highest BCUT2D eigenvalue weighted by Gasteiger charge is 2.49. The van der Waals surface area contributed by atoms with Gasteiger partial charge in [-0.25, -0.2) is 4.79 Å². The Morgan fingerprint density at radius 3 is 2.38 bits per heavy atom. The van der Waals surface area contributed by atoms with E-state index in [2.05, 4.69) is 0 Å². The number of esters is 1. The van der Waals surface area contributed by atoms with Crippen LogP contribution in [0.4, 0.5) is 0 Å². The molecule has 2 aromatic carbocycles. The van der Waals surface area contributed by atoms with Crippen LogP contribution in [0.1, 0.15) is 48.2 Å². The number of aliphatic hydroxyl groups is 3. The van der Waals surface area contributed by atoms with Gasteiger partial charge in [-0.1, -0.05) is 13.3 Å². The molecule has 6 N–H and O–H groups in total. The molecular formula is C25H28O12. The third-order valence-electron chi connectivity index (χ3n) is 6.07. The molecule has 200 valence electrons. The minimum absolute atomic E-state index is 0.0777. The summed E-state index contributed by atoms with van der Waals surface area (Å²) in [6, 6.07) is 6.07. The summed E-state index contributed by atoms with van der Waals surface area (Å²) in [6.45, 7) is 1.97. The number of aliphatic hydroxyl groups excluding tert-OH is 3. The van der Waals surface area contributed by atoms with Crippen LogP contribution in [0, 0.1) is 0 Å². The molecule has 2 heterocycles. The summed E-state index contributed by atoms with van der Waals surface area (Å²) < 4.78 is 21.9. The first-order valence-corrected chi connectivity index (χ1v) is 11.7. The Hall–Kier alpha value is -3.58. The summed E-state index contributed by atoms with van der Waals surface area (Å²) in [7, 11) is 0. The molecule has 4 rings (SSSR count). The summed E-state index contributed by atoms with van der Waals surface area (Å²) in [5.41, 5.74) is 0.195. The van der Waals surface area contributed by atoms with Crippen LogP contribution in [0.25, 0.3) is 0 Å². The van der Waals surface area contributed by atoms with Gasteiger partial charge in [-0.05, 0) is 18.6 Å². The van der Waals surface area contributed by atoms with Gasteiger partial charge in [0.05, 0.1) is 13.0 Å². The number of fused-ring (bicyclic) bond motifs is 1. The third-order valence-corrected chi connectivity index (χ3v) is 6.07. The Bertz CT molecular complexity index is 1140. The maximum atomic E-state index is 12.7. The second kappa shape index (κ2) is 10.8. The highest BCUT2D eigenvalue weighted by atomic mass is 16.7. The van der Waals surface area contributed by atoms with E-state index in [4.69, 9.17) is 18.9 Å². The summed E-state index contributed by atoms with van der Waals surface area (Å²) in [4.78, 5) is 25.1. The topological polar surface area (TPSA) is 192 Å². The highest BCUT2D eigenvalue weighted by Crippen LogP contribution is 2.43. The van der Waals surface area contributed by atoms with E-state index in [0.717, 1.165) is 18.6 Å². The number of rotatable bonds is 7. The van der Waals surface area contributed by atoms with Crippen molar-refractivity contribution in [3.05, 3.63) is 41.5 Å². The second-order valence-electron chi connectivity index (χ2n) is 8.87. The lowest BCUT2D eigenvalue weighted by Crippen LogP contribution is -2.61. The van der Waals surface area contributed by atoms with Gasteiger partial charge in [-0.2, -0.15) is 0 Å². The molecule has 12 nitrogen and oxygen atoms in total. The van der Waals surface area contributed by atoms with E-state index < -0.39 is 54.3 Å². The molecule has 0 amide bonds. The van der Waals surface area contributed by atoms with Gasteiger partial charge in [-0.15, -0.1) is 0 Å². The molecule has 0 aromatic heterocycles. The number of hydrogen-bond acceptors (Lipinski definition) is 12.